The van der Waals surface area contributed by atoms with Gasteiger partial charge in [0.2, 0.25) is 0 Å². The highest BCUT2D eigenvalue weighted by molar-refractivity contribution is 7.05. The molecule has 0 fully saturated rings. The van der Waals surface area contributed by atoms with Crippen LogP contribution in [0.5, 0.6) is 0 Å². The fourth-order valence-electron chi connectivity index (χ4n) is 7.86. The molecular weight excluding hydrogens is 563 g/mol. The van der Waals surface area contributed by atoms with Crippen molar-refractivity contribution in [1.29, 1.82) is 0 Å². The number of para-hydroxylation sites is 1. The van der Waals surface area contributed by atoms with Gasteiger partial charge in [0.25, 0.3) is 0 Å². The Kier molecular flexibility index (Phi) is 7.43. The summed E-state index contributed by atoms with van der Waals surface area (Å²) in [5.74, 6) is 0. The molecule has 1 aliphatic heterocycles. The van der Waals surface area contributed by atoms with E-state index < -0.39 is 16.1 Å². The third-order valence-electron chi connectivity index (χ3n) is 9.69. The topological polar surface area (TPSA) is 48.9 Å². The molecule has 0 saturated heterocycles. The molecule has 0 N–H and O–H groups in total. The number of hydrogen-bond donors (Lipinski definition) is 0. The van der Waals surface area contributed by atoms with Crippen molar-refractivity contribution < 1.29 is 0 Å². The van der Waals surface area contributed by atoms with Gasteiger partial charge in [-0.25, -0.2) is 23.5 Å². The van der Waals surface area contributed by atoms with Crippen molar-refractivity contribution in [2.24, 2.45) is 0 Å². The van der Waals surface area contributed by atoms with Gasteiger partial charge in [-0.3, -0.25) is 0 Å². The van der Waals surface area contributed by atoms with Gasteiger partial charge in [0, 0.05) is 12.1 Å². The van der Waals surface area contributed by atoms with Crippen LogP contribution >= 0.6 is 0 Å². The van der Waals surface area contributed by atoms with E-state index in [-0.39, 0.29) is 28.0 Å². The zero-order valence-corrected chi connectivity index (χ0v) is 27.8. The molecule has 2 atom stereocenters. The van der Waals surface area contributed by atoms with Crippen molar-refractivity contribution >= 4 is 31.7 Å². The van der Waals surface area contributed by atoms with Crippen LogP contribution in [0.3, 0.4) is 0 Å². The largest absolute Gasteiger partial charge is 0.352 e. The van der Waals surface area contributed by atoms with Crippen LogP contribution in [0.25, 0.3) is 5.69 Å². The second-order valence-corrected chi connectivity index (χ2v) is 23.3. The minimum absolute atomic E-state index is 0.0959. The van der Waals surface area contributed by atoms with E-state index in [9.17, 15) is 9.59 Å². The fraction of sp³-hybridized carbons (Fsp3) is 0.278. The fourth-order valence-corrected chi connectivity index (χ4v) is 17.7. The summed E-state index contributed by atoms with van der Waals surface area (Å²) in [6, 6.07) is 42.8. The number of aromatic nitrogens is 3. The minimum atomic E-state index is -2.69. The SMILES string of the molecule is CC(C)(C)[Si](c1ccccc1)(c1ccccc1)[C@H]1Cn2c(=O)n(-c3ccccc3)c(=O)n2[C@@H]1C[Si](C)(C)c1ccccc1. The van der Waals surface area contributed by atoms with Gasteiger partial charge in [0.15, 0.2) is 0 Å². The van der Waals surface area contributed by atoms with Crippen molar-refractivity contribution in [2.75, 3.05) is 0 Å². The summed E-state index contributed by atoms with van der Waals surface area (Å²) in [6.07, 6.45) is 0. The third kappa shape index (κ3) is 4.75. The molecule has 7 heteroatoms. The molecule has 0 aliphatic carbocycles. The van der Waals surface area contributed by atoms with Gasteiger partial charge in [0.1, 0.15) is 8.07 Å². The van der Waals surface area contributed by atoms with Gasteiger partial charge >= 0.3 is 11.4 Å². The van der Waals surface area contributed by atoms with Crippen LogP contribution in [0, 0.1) is 0 Å². The molecule has 2 heterocycles. The second-order valence-electron chi connectivity index (χ2n) is 13.6. The van der Waals surface area contributed by atoms with Crippen LogP contribution in [0.4, 0.5) is 0 Å². The standard InChI is InChI=1S/C36H41N3O2Si2/c1-36(2,3)43(30-22-14-8-15-23-30,31-24-16-9-17-25-31)33-26-37-34(40)38(28-18-10-6-11-19-28)35(41)39(37)32(33)27-42(4,5)29-20-12-7-13-21-29/h6-25,32-33H,26-27H2,1-5H3/t32-,33+/m1/s1. The van der Waals surface area contributed by atoms with E-state index in [0.29, 0.717) is 12.2 Å². The number of rotatable bonds is 7. The predicted octanol–water partition coefficient (Wildman–Crippen LogP) is 5.40. The highest BCUT2D eigenvalue weighted by atomic mass is 28.3. The maximum atomic E-state index is 14.4. The molecular formula is C36H41N3O2Si2. The van der Waals surface area contributed by atoms with Gasteiger partial charge in [-0.05, 0) is 23.2 Å². The normalized spacial score (nSPS) is 17.1. The molecule has 1 aliphatic rings. The smallest absolute Gasteiger partial charge is 0.246 e. The molecule has 0 spiro atoms. The first-order valence-electron chi connectivity index (χ1n) is 15.2. The first kappa shape index (κ1) is 29.1. The average molecular weight is 604 g/mol. The van der Waals surface area contributed by atoms with E-state index in [1.54, 1.807) is 4.68 Å². The summed E-state index contributed by atoms with van der Waals surface area (Å²) in [5, 5.41) is 3.96. The summed E-state index contributed by atoms with van der Waals surface area (Å²) in [5.41, 5.74) is 0.228. The number of benzene rings is 4. The average Bonchev–Trinajstić information content (AvgIpc) is 3.49. The Hall–Kier alpha value is -3.95. The van der Waals surface area contributed by atoms with E-state index in [2.05, 4.69) is 125 Å². The highest BCUT2D eigenvalue weighted by Crippen LogP contribution is 2.51. The van der Waals surface area contributed by atoms with Crippen molar-refractivity contribution in [3.05, 3.63) is 142 Å². The predicted molar refractivity (Wildman–Crippen MR) is 183 cm³/mol. The van der Waals surface area contributed by atoms with Crippen LogP contribution in [-0.4, -0.2) is 30.1 Å². The molecule has 0 bridgehead atoms. The number of fused-ring (bicyclic) bond motifs is 1. The lowest BCUT2D eigenvalue weighted by molar-refractivity contribution is 0.493. The highest BCUT2D eigenvalue weighted by Gasteiger charge is 2.59. The Balaban J connectivity index is 1.64. The lowest BCUT2D eigenvalue weighted by Crippen LogP contribution is -2.68. The maximum absolute atomic E-state index is 14.4. The monoisotopic (exact) mass is 603 g/mol. The summed E-state index contributed by atoms with van der Waals surface area (Å²) < 4.78 is 5.00. The van der Waals surface area contributed by atoms with Gasteiger partial charge in [-0.15, -0.1) is 0 Å². The maximum Gasteiger partial charge on any atom is 0.352 e. The zero-order chi connectivity index (χ0) is 30.4. The Bertz CT molecular complexity index is 1780. The Morgan fingerprint density at radius 1 is 0.651 bits per heavy atom. The second kappa shape index (κ2) is 11.0. The van der Waals surface area contributed by atoms with Crippen molar-refractivity contribution in [3.63, 3.8) is 0 Å². The quantitative estimate of drug-likeness (QED) is 0.234. The summed E-state index contributed by atoms with van der Waals surface area (Å²) >= 11 is 0. The lowest BCUT2D eigenvalue weighted by atomic mass is 10.2. The van der Waals surface area contributed by atoms with Crippen LogP contribution < -0.4 is 26.9 Å². The molecule has 5 nitrogen and oxygen atoms in total. The van der Waals surface area contributed by atoms with E-state index in [1.807, 2.05) is 35.0 Å². The van der Waals surface area contributed by atoms with Crippen LogP contribution in [0.2, 0.25) is 29.7 Å². The van der Waals surface area contributed by atoms with Gasteiger partial charge in [-0.1, -0.05) is 159 Å². The molecule has 0 saturated carbocycles. The minimum Gasteiger partial charge on any atom is -0.246 e. The third-order valence-corrected chi connectivity index (χ3v) is 19.6. The molecule has 220 valence electrons. The van der Waals surface area contributed by atoms with Gasteiger partial charge < -0.3 is 0 Å². The van der Waals surface area contributed by atoms with E-state index >= 15 is 0 Å². The Labute approximate surface area is 256 Å². The molecule has 0 radical (unpaired) electrons. The number of hydrogen-bond acceptors (Lipinski definition) is 2. The van der Waals surface area contributed by atoms with Crippen molar-refractivity contribution in [1.82, 2.24) is 13.9 Å². The molecule has 0 amide bonds. The molecule has 4 aromatic carbocycles. The zero-order valence-electron chi connectivity index (χ0n) is 25.8. The first-order valence-corrected chi connectivity index (χ1v) is 20.5. The Morgan fingerprint density at radius 2 is 1.09 bits per heavy atom. The lowest BCUT2D eigenvalue weighted by Gasteiger charge is -2.50. The van der Waals surface area contributed by atoms with Crippen molar-refractivity contribution in [3.8, 4) is 5.69 Å². The molecule has 43 heavy (non-hydrogen) atoms. The molecule has 6 rings (SSSR count). The first-order chi connectivity index (χ1) is 20.6. The molecule has 5 aromatic rings. The van der Waals surface area contributed by atoms with Crippen LogP contribution in [-0.2, 0) is 6.54 Å². The Morgan fingerprint density at radius 3 is 1.56 bits per heavy atom. The molecule has 0 unspecified atom stereocenters. The van der Waals surface area contributed by atoms with Gasteiger partial charge in [-0.2, -0.15) is 0 Å². The van der Waals surface area contributed by atoms with Crippen LogP contribution in [0.15, 0.2) is 131 Å². The summed E-state index contributed by atoms with van der Waals surface area (Å²) in [4.78, 5) is 28.6. The summed E-state index contributed by atoms with van der Waals surface area (Å²) in [7, 11) is -4.76. The van der Waals surface area contributed by atoms with E-state index in [0.717, 1.165) is 6.04 Å². The number of nitrogens with zero attached hydrogens (tertiary/aromatic N) is 3. The van der Waals surface area contributed by atoms with E-state index in [4.69, 9.17) is 0 Å². The van der Waals surface area contributed by atoms with Crippen LogP contribution in [0.1, 0.15) is 26.8 Å². The van der Waals surface area contributed by atoms with Crippen molar-refractivity contribution in [2.45, 2.75) is 63.1 Å². The van der Waals surface area contributed by atoms with E-state index in [1.165, 1.54) is 20.1 Å². The molecule has 1 aromatic heterocycles. The summed E-state index contributed by atoms with van der Waals surface area (Å²) in [6.45, 7) is 12.4. The van der Waals surface area contributed by atoms with Gasteiger partial charge in [0.05, 0.1) is 19.8 Å².